The molecule has 0 spiro atoms. The minimum Gasteiger partial charge on any atom is -0.351 e. The van der Waals surface area contributed by atoms with Crippen molar-refractivity contribution in [3.05, 3.63) is 52.9 Å². The molecular formula is C17H20N6O. The van der Waals surface area contributed by atoms with Gasteiger partial charge in [0.25, 0.3) is 0 Å². The second-order valence-electron chi connectivity index (χ2n) is 5.65. The highest BCUT2D eigenvalue weighted by Crippen LogP contribution is 2.25. The van der Waals surface area contributed by atoms with Crippen LogP contribution in [0.25, 0.3) is 0 Å². The van der Waals surface area contributed by atoms with E-state index in [9.17, 15) is 4.79 Å². The van der Waals surface area contributed by atoms with Gasteiger partial charge in [-0.05, 0) is 31.6 Å². The van der Waals surface area contributed by atoms with Gasteiger partial charge in [-0.2, -0.15) is 0 Å². The van der Waals surface area contributed by atoms with E-state index in [4.69, 9.17) is 5.73 Å². The molecule has 24 heavy (non-hydrogen) atoms. The second kappa shape index (κ2) is 6.57. The number of benzene rings is 1. The zero-order chi connectivity index (χ0) is 17.1. The molecule has 0 radical (unpaired) electrons. The molecule has 2 amide bonds. The molecule has 2 heterocycles. The maximum atomic E-state index is 11.4. The van der Waals surface area contributed by atoms with Crippen LogP contribution in [0.5, 0.6) is 0 Å². The molecule has 4 N–H and O–H groups in total. The highest BCUT2D eigenvalue weighted by atomic mass is 16.2. The van der Waals surface area contributed by atoms with Crippen LogP contribution in [-0.2, 0) is 0 Å². The first kappa shape index (κ1) is 15.8. The van der Waals surface area contributed by atoms with Crippen molar-refractivity contribution in [2.24, 2.45) is 15.7 Å². The number of hydrazine groups is 1. The molecule has 0 bridgehead atoms. The summed E-state index contributed by atoms with van der Waals surface area (Å²) >= 11 is 0. The van der Waals surface area contributed by atoms with Crippen molar-refractivity contribution in [3.8, 4) is 0 Å². The Morgan fingerprint density at radius 2 is 2.04 bits per heavy atom. The number of nitrogens with two attached hydrogens (primary N) is 1. The number of urea groups is 1. The number of carbonyl (C=O) groups excluding carboxylic acids is 1. The Kier molecular flexibility index (Phi) is 4.33. The largest absolute Gasteiger partial charge is 0.351 e. The first-order valence-corrected chi connectivity index (χ1v) is 7.68. The number of amides is 2. The summed E-state index contributed by atoms with van der Waals surface area (Å²) in [7, 11) is 0. The van der Waals surface area contributed by atoms with Gasteiger partial charge in [0.05, 0.1) is 24.5 Å². The lowest BCUT2D eigenvalue weighted by atomic mass is 10.0. The van der Waals surface area contributed by atoms with E-state index in [1.165, 1.54) is 0 Å². The van der Waals surface area contributed by atoms with Crippen molar-refractivity contribution in [3.63, 3.8) is 0 Å². The molecule has 0 saturated carbocycles. The summed E-state index contributed by atoms with van der Waals surface area (Å²) in [5.41, 5.74) is 13.2. The third-order valence-electron chi connectivity index (χ3n) is 3.94. The summed E-state index contributed by atoms with van der Waals surface area (Å²) < 4.78 is 0. The number of nitrogens with one attached hydrogen (secondary N) is 2. The maximum Gasteiger partial charge on any atom is 0.316 e. The molecule has 2 aliphatic heterocycles. The van der Waals surface area contributed by atoms with Gasteiger partial charge in [0.15, 0.2) is 0 Å². The standard InChI is InChI=1S/C17H20N6O/c1-11-15(21-17(18)24)10-23(14-6-4-3-5-7-14)22-16(11)13-8-19-12(2)20-9-13/h3-8,22H,9-10H2,1-2H3,(H3,18,21,24). The SMILES string of the molecule is CC1=NCC(=C2NN(c3ccccc3)CC(NC(N)=O)=C2C)C=N1. The van der Waals surface area contributed by atoms with Gasteiger partial charge in [-0.25, -0.2) is 9.79 Å². The molecule has 3 rings (SSSR count). The monoisotopic (exact) mass is 324 g/mol. The number of rotatable bonds is 2. The maximum absolute atomic E-state index is 11.4. The van der Waals surface area contributed by atoms with Crippen molar-refractivity contribution >= 4 is 23.8 Å². The molecule has 7 heteroatoms. The molecule has 124 valence electrons. The fourth-order valence-electron chi connectivity index (χ4n) is 2.64. The molecule has 0 unspecified atom stereocenters. The topological polar surface area (TPSA) is 95.1 Å². The number of amidine groups is 1. The number of anilines is 1. The number of allylic oxidation sites excluding steroid dienone is 1. The van der Waals surface area contributed by atoms with Crippen LogP contribution in [0, 0.1) is 0 Å². The van der Waals surface area contributed by atoms with Crippen LogP contribution in [0.2, 0.25) is 0 Å². The molecule has 0 fully saturated rings. The van der Waals surface area contributed by atoms with E-state index in [0.29, 0.717) is 13.1 Å². The average molecular weight is 324 g/mol. The van der Waals surface area contributed by atoms with E-state index in [1.807, 2.05) is 55.4 Å². The lowest BCUT2D eigenvalue weighted by molar-refractivity contribution is 0.251. The van der Waals surface area contributed by atoms with E-state index in [1.54, 1.807) is 0 Å². The molecule has 0 atom stereocenters. The van der Waals surface area contributed by atoms with E-state index >= 15 is 0 Å². The van der Waals surface area contributed by atoms with E-state index < -0.39 is 6.03 Å². The van der Waals surface area contributed by atoms with Crippen LogP contribution in [0.4, 0.5) is 10.5 Å². The number of primary amides is 1. The van der Waals surface area contributed by atoms with Crippen molar-refractivity contribution < 1.29 is 4.79 Å². The molecule has 1 aromatic carbocycles. The number of nitrogens with zero attached hydrogens (tertiary/aromatic N) is 3. The highest BCUT2D eigenvalue weighted by molar-refractivity contribution is 5.97. The first-order chi connectivity index (χ1) is 11.5. The third-order valence-corrected chi connectivity index (χ3v) is 3.94. The third kappa shape index (κ3) is 3.29. The minimum atomic E-state index is -0.574. The normalized spacial score (nSPS) is 20.6. The van der Waals surface area contributed by atoms with Crippen LogP contribution in [-0.4, -0.2) is 31.2 Å². The van der Waals surface area contributed by atoms with Crippen molar-refractivity contribution in [1.82, 2.24) is 10.7 Å². The van der Waals surface area contributed by atoms with Gasteiger partial charge in [0.1, 0.15) is 5.84 Å². The van der Waals surface area contributed by atoms with Crippen LogP contribution in [0.15, 0.2) is 62.9 Å². The number of hydrogen-bond donors (Lipinski definition) is 3. The van der Waals surface area contributed by atoms with Crippen LogP contribution >= 0.6 is 0 Å². The zero-order valence-corrected chi connectivity index (χ0v) is 13.7. The van der Waals surface area contributed by atoms with Gasteiger partial charge in [0.2, 0.25) is 0 Å². The Labute approximate surface area is 140 Å². The predicted octanol–water partition coefficient (Wildman–Crippen LogP) is 1.71. The van der Waals surface area contributed by atoms with Crippen molar-refractivity contribution in [2.45, 2.75) is 13.8 Å². The van der Waals surface area contributed by atoms with E-state index in [0.717, 1.165) is 34.1 Å². The minimum absolute atomic E-state index is 0.495. The van der Waals surface area contributed by atoms with Gasteiger partial charge < -0.3 is 11.1 Å². The Morgan fingerprint density at radius 3 is 2.67 bits per heavy atom. The summed E-state index contributed by atoms with van der Waals surface area (Å²) in [4.78, 5) is 20.0. The second-order valence-corrected chi connectivity index (χ2v) is 5.65. The van der Waals surface area contributed by atoms with Crippen LogP contribution in [0.1, 0.15) is 13.8 Å². The smallest absolute Gasteiger partial charge is 0.316 e. The Bertz CT molecular complexity index is 776. The van der Waals surface area contributed by atoms with Gasteiger partial charge in [-0.1, -0.05) is 18.2 Å². The number of hydrogen-bond acceptors (Lipinski definition) is 5. The zero-order valence-electron chi connectivity index (χ0n) is 13.7. The summed E-state index contributed by atoms with van der Waals surface area (Å²) in [6.07, 6.45) is 1.81. The van der Waals surface area contributed by atoms with E-state index in [2.05, 4.69) is 20.7 Å². The Morgan fingerprint density at radius 1 is 1.29 bits per heavy atom. The van der Waals surface area contributed by atoms with Crippen LogP contribution < -0.4 is 21.5 Å². The quantitative estimate of drug-likeness (QED) is 0.773. The summed E-state index contributed by atoms with van der Waals surface area (Å²) in [6.45, 7) is 4.85. The van der Waals surface area contributed by atoms with Gasteiger partial charge in [-0.15, -0.1) is 0 Å². The molecule has 0 saturated heterocycles. The number of carbonyl (C=O) groups is 1. The fraction of sp³-hybridized carbons (Fsp3) is 0.235. The summed E-state index contributed by atoms with van der Waals surface area (Å²) in [5.74, 6) is 0.757. The fourth-order valence-corrected chi connectivity index (χ4v) is 2.64. The average Bonchev–Trinajstić information content (AvgIpc) is 2.58. The number of para-hydroxylation sites is 1. The molecule has 0 aromatic heterocycles. The predicted molar refractivity (Wildman–Crippen MR) is 95.8 cm³/mol. The Hall–Kier alpha value is -3.09. The lowest BCUT2D eigenvalue weighted by Gasteiger charge is -2.35. The molecule has 0 aliphatic carbocycles. The molecule has 7 nitrogen and oxygen atoms in total. The molecule has 1 aromatic rings. The summed E-state index contributed by atoms with van der Waals surface area (Å²) in [6, 6.07) is 9.30. The summed E-state index contributed by atoms with van der Waals surface area (Å²) in [5, 5.41) is 4.69. The van der Waals surface area contributed by atoms with Crippen LogP contribution in [0.3, 0.4) is 0 Å². The van der Waals surface area contributed by atoms with Crippen molar-refractivity contribution in [1.29, 1.82) is 0 Å². The molecule has 2 aliphatic rings. The van der Waals surface area contributed by atoms with Gasteiger partial charge in [-0.3, -0.25) is 15.4 Å². The van der Waals surface area contributed by atoms with Gasteiger partial charge >= 0.3 is 6.03 Å². The Balaban J connectivity index is 2.01. The molecular weight excluding hydrogens is 304 g/mol. The van der Waals surface area contributed by atoms with Crippen molar-refractivity contribution in [2.75, 3.05) is 18.1 Å². The highest BCUT2D eigenvalue weighted by Gasteiger charge is 2.24. The van der Waals surface area contributed by atoms with Gasteiger partial charge in [0, 0.05) is 17.5 Å². The first-order valence-electron chi connectivity index (χ1n) is 7.68. The lowest BCUT2D eigenvalue weighted by Crippen LogP contribution is -2.48. The number of aliphatic imine (C=N–C) groups is 2. The van der Waals surface area contributed by atoms with E-state index in [-0.39, 0.29) is 0 Å².